The Morgan fingerprint density at radius 3 is 2.63 bits per heavy atom. The van der Waals surface area contributed by atoms with Crippen molar-refractivity contribution >= 4 is 11.6 Å². The van der Waals surface area contributed by atoms with E-state index in [4.69, 9.17) is 10.2 Å². The van der Waals surface area contributed by atoms with Gasteiger partial charge < -0.3 is 15.5 Å². The number of carbonyl (C=O) groups is 1. The molecule has 1 atom stereocenters. The van der Waals surface area contributed by atoms with Gasteiger partial charge in [-0.1, -0.05) is 19.1 Å². The molecule has 5 nitrogen and oxygen atoms in total. The molecule has 5 heteroatoms. The van der Waals surface area contributed by atoms with E-state index < -0.39 is 6.04 Å². The molecule has 0 bridgehead atoms. The van der Waals surface area contributed by atoms with E-state index in [9.17, 15) is 4.79 Å². The summed E-state index contributed by atoms with van der Waals surface area (Å²) in [5.41, 5.74) is 8.09. The number of nitrogens with zero attached hydrogens (tertiary/aromatic N) is 1. The SMILES string of the molecule is CC[C@@H](N)C(=O)Nc1ccc(-c2coc(C)n2)cc1. The highest BCUT2D eigenvalue weighted by atomic mass is 16.3. The van der Waals surface area contributed by atoms with Crippen LogP contribution in [0.4, 0.5) is 5.69 Å². The number of aromatic nitrogens is 1. The number of anilines is 1. The largest absolute Gasteiger partial charge is 0.449 e. The maximum absolute atomic E-state index is 11.6. The first-order valence-corrected chi connectivity index (χ1v) is 6.19. The van der Waals surface area contributed by atoms with Crippen molar-refractivity contribution in [2.24, 2.45) is 5.73 Å². The number of carbonyl (C=O) groups excluding carboxylic acids is 1. The molecule has 0 aliphatic rings. The molecule has 100 valence electrons. The lowest BCUT2D eigenvalue weighted by molar-refractivity contribution is -0.117. The van der Waals surface area contributed by atoms with Gasteiger partial charge in [-0.15, -0.1) is 0 Å². The van der Waals surface area contributed by atoms with Crippen molar-refractivity contribution in [3.63, 3.8) is 0 Å². The minimum absolute atomic E-state index is 0.174. The van der Waals surface area contributed by atoms with Crippen LogP contribution in [0.15, 0.2) is 34.9 Å². The number of aryl methyl sites for hydroxylation is 1. The van der Waals surface area contributed by atoms with Crippen molar-refractivity contribution < 1.29 is 9.21 Å². The van der Waals surface area contributed by atoms with Gasteiger partial charge in [0.1, 0.15) is 12.0 Å². The molecule has 1 heterocycles. The van der Waals surface area contributed by atoms with Gasteiger partial charge in [-0.2, -0.15) is 0 Å². The summed E-state index contributed by atoms with van der Waals surface area (Å²) in [5, 5.41) is 2.77. The van der Waals surface area contributed by atoms with Crippen molar-refractivity contribution in [2.45, 2.75) is 26.3 Å². The Morgan fingerprint density at radius 1 is 1.42 bits per heavy atom. The number of nitrogens with one attached hydrogen (secondary N) is 1. The highest BCUT2D eigenvalue weighted by molar-refractivity contribution is 5.94. The Balaban J connectivity index is 2.08. The van der Waals surface area contributed by atoms with Gasteiger partial charge in [-0.05, 0) is 18.6 Å². The van der Waals surface area contributed by atoms with Crippen LogP contribution in [0, 0.1) is 6.92 Å². The second-order valence-corrected chi connectivity index (χ2v) is 4.33. The van der Waals surface area contributed by atoms with Crippen LogP contribution in [-0.4, -0.2) is 16.9 Å². The van der Waals surface area contributed by atoms with Gasteiger partial charge in [0, 0.05) is 18.2 Å². The maximum atomic E-state index is 11.6. The van der Waals surface area contributed by atoms with Crippen molar-refractivity contribution in [2.75, 3.05) is 5.32 Å². The van der Waals surface area contributed by atoms with E-state index in [2.05, 4.69) is 10.3 Å². The van der Waals surface area contributed by atoms with Crippen molar-refractivity contribution in [1.29, 1.82) is 0 Å². The van der Waals surface area contributed by atoms with Gasteiger partial charge in [-0.25, -0.2) is 4.98 Å². The summed E-state index contributed by atoms with van der Waals surface area (Å²) in [4.78, 5) is 15.9. The molecule has 3 N–H and O–H groups in total. The molecule has 2 aromatic rings. The van der Waals surface area contributed by atoms with Crippen LogP contribution in [0.5, 0.6) is 0 Å². The Labute approximate surface area is 111 Å². The van der Waals surface area contributed by atoms with Crippen LogP contribution in [0.25, 0.3) is 11.3 Å². The number of nitrogens with two attached hydrogens (primary N) is 1. The zero-order valence-corrected chi connectivity index (χ0v) is 11.0. The van der Waals surface area contributed by atoms with Gasteiger partial charge in [0.15, 0.2) is 5.89 Å². The Hall–Kier alpha value is -2.14. The van der Waals surface area contributed by atoms with Crippen LogP contribution in [0.1, 0.15) is 19.2 Å². The van der Waals surface area contributed by atoms with E-state index in [-0.39, 0.29) is 5.91 Å². The third-order valence-corrected chi connectivity index (χ3v) is 2.84. The molecular weight excluding hydrogens is 242 g/mol. The molecule has 0 unspecified atom stereocenters. The average molecular weight is 259 g/mol. The summed E-state index contributed by atoms with van der Waals surface area (Å²) in [6.07, 6.45) is 2.22. The predicted molar refractivity (Wildman–Crippen MR) is 73.6 cm³/mol. The summed E-state index contributed by atoms with van der Waals surface area (Å²) in [5.74, 6) is 0.453. The zero-order chi connectivity index (χ0) is 13.8. The van der Waals surface area contributed by atoms with E-state index in [1.807, 2.05) is 31.2 Å². The van der Waals surface area contributed by atoms with Gasteiger partial charge in [0.2, 0.25) is 5.91 Å². The minimum Gasteiger partial charge on any atom is -0.449 e. The van der Waals surface area contributed by atoms with Gasteiger partial charge in [-0.3, -0.25) is 4.79 Å². The van der Waals surface area contributed by atoms with Crippen molar-refractivity contribution in [3.8, 4) is 11.3 Å². The fourth-order valence-electron chi connectivity index (χ4n) is 1.64. The topological polar surface area (TPSA) is 81.2 Å². The smallest absolute Gasteiger partial charge is 0.241 e. The molecule has 0 fully saturated rings. The lowest BCUT2D eigenvalue weighted by Crippen LogP contribution is -2.34. The highest BCUT2D eigenvalue weighted by Crippen LogP contribution is 2.20. The molecular formula is C14H17N3O2. The average Bonchev–Trinajstić information content (AvgIpc) is 2.85. The van der Waals surface area contributed by atoms with E-state index in [1.165, 1.54) is 0 Å². The van der Waals surface area contributed by atoms with Gasteiger partial charge in [0.05, 0.1) is 6.04 Å². The molecule has 19 heavy (non-hydrogen) atoms. The normalized spacial score (nSPS) is 12.2. The standard InChI is InChI=1S/C14H17N3O2/c1-3-12(15)14(18)17-11-6-4-10(5-7-11)13-8-19-9(2)16-13/h4-8,12H,3,15H2,1-2H3,(H,17,18)/t12-/m1/s1. The summed E-state index contributed by atoms with van der Waals surface area (Å²) in [7, 11) is 0. The summed E-state index contributed by atoms with van der Waals surface area (Å²) >= 11 is 0. The molecule has 1 aromatic heterocycles. The van der Waals surface area contributed by atoms with Gasteiger partial charge >= 0.3 is 0 Å². The number of hydrogen-bond acceptors (Lipinski definition) is 4. The molecule has 0 spiro atoms. The first-order chi connectivity index (χ1) is 9.10. The number of benzene rings is 1. The monoisotopic (exact) mass is 259 g/mol. The first-order valence-electron chi connectivity index (χ1n) is 6.19. The molecule has 2 rings (SSSR count). The van der Waals surface area contributed by atoms with Crippen molar-refractivity contribution in [1.82, 2.24) is 4.98 Å². The highest BCUT2D eigenvalue weighted by Gasteiger charge is 2.11. The van der Waals surface area contributed by atoms with E-state index in [1.54, 1.807) is 13.2 Å². The quantitative estimate of drug-likeness (QED) is 0.883. The first kappa shape index (κ1) is 13.3. The van der Waals surface area contributed by atoms with Crippen LogP contribution in [0.2, 0.25) is 0 Å². The molecule has 0 aliphatic heterocycles. The Bertz CT molecular complexity index is 560. The summed E-state index contributed by atoms with van der Waals surface area (Å²) in [6.45, 7) is 3.67. The molecule has 1 aromatic carbocycles. The van der Waals surface area contributed by atoms with Crippen LogP contribution < -0.4 is 11.1 Å². The zero-order valence-electron chi connectivity index (χ0n) is 11.0. The molecule has 0 saturated carbocycles. The van der Waals surface area contributed by atoms with E-state index in [0.29, 0.717) is 12.3 Å². The number of rotatable bonds is 4. The van der Waals surface area contributed by atoms with Crippen LogP contribution >= 0.6 is 0 Å². The lowest BCUT2D eigenvalue weighted by Gasteiger charge is -2.10. The number of amides is 1. The van der Waals surface area contributed by atoms with E-state index in [0.717, 1.165) is 16.9 Å². The van der Waals surface area contributed by atoms with Gasteiger partial charge in [0.25, 0.3) is 0 Å². The third kappa shape index (κ3) is 3.20. The van der Waals surface area contributed by atoms with Crippen molar-refractivity contribution in [3.05, 3.63) is 36.4 Å². The molecule has 0 radical (unpaired) electrons. The molecule has 0 saturated heterocycles. The second-order valence-electron chi connectivity index (χ2n) is 4.33. The third-order valence-electron chi connectivity index (χ3n) is 2.84. The fraction of sp³-hybridized carbons (Fsp3) is 0.286. The summed E-state index contributed by atoms with van der Waals surface area (Å²) in [6, 6.07) is 6.92. The maximum Gasteiger partial charge on any atom is 0.241 e. The number of oxazole rings is 1. The van der Waals surface area contributed by atoms with Crippen LogP contribution in [0.3, 0.4) is 0 Å². The molecule has 1 amide bonds. The Kier molecular flexibility index (Phi) is 3.97. The van der Waals surface area contributed by atoms with Crippen LogP contribution in [-0.2, 0) is 4.79 Å². The van der Waals surface area contributed by atoms with E-state index >= 15 is 0 Å². The molecule has 0 aliphatic carbocycles. The lowest BCUT2D eigenvalue weighted by atomic mass is 10.1. The summed E-state index contributed by atoms with van der Waals surface area (Å²) < 4.78 is 5.16. The fourth-order valence-corrected chi connectivity index (χ4v) is 1.64. The number of hydrogen-bond donors (Lipinski definition) is 2. The predicted octanol–water partition coefficient (Wildman–Crippen LogP) is 2.33. The minimum atomic E-state index is -0.474. The Morgan fingerprint density at radius 2 is 2.11 bits per heavy atom. The second kappa shape index (κ2) is 5.67.